The van der Waals surface area contributed by atoms with Crippen molar-refractivity contribution in [3.63, 3.8) is 0 Å². The van der Waals surface area contributed by atoms with E-state index in [9.17, 15) is 14.0 Å². The van der Waals surface area contributed by atoms with Crippen LogP contribution in [0.25, 0.3) is 5.82 Å². The molecule has 162 valence electrons. The van der Waals surface area contributed by atoms with E-state index in [1.165, 1.54) is 37.0 Å². The van der Waals surface area contributed by atoms with Crippen LogP contribution in [0.5, 0.6) is 0 Å². The fourth-order valence-electron chi connectivity index (χ4n) is 2.85. The predicted molar refractivity (Wildman–Crippen MR) is 114 cm³/mol. The van der Waals surface area contributed by atoms with E-state index < -0.39 is 23.5 Å². The van der Waals surface area contributed by atoms with E-state index in [4.69, 9.17) is 5.73 Å². The van der Waals surface area contributed by atoms with E-state index in [0.717, 1.165) is 0 Å². The maximum absolute atomic E-state index is 14.4. The van der Waals surface area contributed by atoms with Crippen molar-refractivity contribution >= 4 is 27.7 Å². The molecule has 0 aliphatic carbocycles. The van der Waals surface area contributed by atoms with Crippen LogP contribution in [0.4, 0.5) is 4.39 Å². The number of carbonyl (C=O) groups is 2. The van der Waals surface area contributed by atoms with E-state index in [-0.39, 0.29) is 5.69 Å². The highest BCUT2D eigenvalue weighted by Crippen LogP contribution is 2.28. The molecule has 3 rings (SSSR count). The number of alkyl halides is 1. The number of benzene rings is 1. The Kier molecular flexibility index (Phi) is 6.16. The van der Waals surface area contributed by atoms with Crippen molar-refractivity contribution in [2.24, 2.45) is 5.73 Å². The van der Waals surface area contributed by atoms with Crippen LogP contribution in [-0.4, -0.2) is 36.5 Å². The lowest BCUT2D eigenvalue weighted by molar-refractivity contribution is 0.0936. The molecule has 9 nitrogen and oxygen atoms in total. The van der Waals surface area contributed by atoms with Crippen molar-refractivity contribution < 1.29 is 14.0 Å². The third kappa shape index (κ3) is 5.10. The Labute approximate surface area is 186 Å². The number of nitrogens with one attached hydrogen (secondary N) is 1. The van der Waals surface area contributed by atoms with Crippen molar-refractivity contribution in [2.45, 2.75) is 39.4 Å². The van der Waals surface area contributed by atoms with Crippen LogP contribution in [-0.2, 0) is 5.67 Å². The van der Waals surface area contributed by atoms with Crippen LogP contribution >= 0.6 is 15.9 Å². The minimum absolute atomic E-state index is 0.0183. The van der Waals surface area contributed by atoms with Crippen molar-refractivity contribution in [3.05, 3.63) is 63.5 Å². The number of nitrogens with zero attached hydrogens (tertiary/aromatic N) is 5. The summed E-state index contributed by atoms with van der Waals surface area (Å²) in [5.41, 5.74) is 4.29. The van der Waals surface area contributed by atoms with Gasteiger partial charge in [-0.1, -0.05) is 15.9 Å². The van der Waals surface area contributed by atoms with Gasteiger partial charge in [0, 0.05) is 10.0 Å². The molecule has 0 aliphatic rings. The van der Waals surface area contributed by atoms with Gasteiger partial charge in [0.15, 0.2) is 11.6 Å². The SMILES string of the molecule is Cc1nc([C@H](C)NC(=O)c2cc(Br)cc(C(C)(C)F)c2)n(-c2cnc(C(N)=O)cn2)n1. The minimum atomic E-state index is -1.60. The summed E-state index contributed by atoms with van der Waals surface area (Å²) in [6.07, 6.45) is 2.58. The molecule has 2 amide bonds. The number of hydrogen-bond donors (Lipinski definition) is 2. The van der Waals surface area contributed by atoms with E-state index >= 15 is 0 Å². The standard InChI is InChI=1S/C20H21BrFN7O2/c1-10(26-19(31)12-5-13(20(3,4)22)7-14(21)6-12)18-27-11(2)28-29(18)16-9-24-15(8-25-16)17(23)30/h5-10H,1-4H3,(H2,23,30)(H,26,31)/t10-/m0/s1. The maximum atomic E-state index is 14.4. The number of aromatic nitrogens is 5. The highest BCUT2D eigenvalue weighted by Gasteiger charge is 2.23. The summed E-state index contributed by atoms with van der Waals surface area (Å²) in [4.78, 5) is 36.5. The first-order chi connectivity index (χ1) is 14.5. The van der Waals surface area contributed by atoms with Gasteiger partial charge in [-0.15, -0.1) is 5.10 Å². The van der Waals surface area contributed by atoms with Gasteiger partial charge in [0.25, 0.3) is 11.8 Å². The van der Waals surface area contributed by atoms with Crippen LogP contribution in [0.1, 0.15) is 64.9 Å². The second kappa shape index (κ2) is 8.50. The molecule has 0 aliphatic heterocycles. The zero-order valence-corrected chi connectivity index (χ0v) is 18.9. The van der Waals surface area contributed by atoms with E-state index in [0.29, 0.717) is 33.1 Å². The third-order valence-electron chi connectivity index (χ3n) is 4.43. The van der Waals surface area contributed by atoms with Gasteiger partial charge in [-0.2, -0.15) is 4.68 Å². The fourth-order valence-corrected chi connectivity index (χ4v) is 3.34. The molecular weight excluding hydrogens is 469 g/mol. The number of carbonyl (C=O) groups excluding carboxylic acids is 2. The summed E-state index contributed by atoms with van der Waals surface area (Å²) in [5, 5.41) is 7.14. The Morgan fingerprint density at radius 3 is 2.52 bits per heavy atom. The smallest absolute Gasteiger partial charge is 0.268 e. The summed E-state index contributed by atoms with van der Waals surface area (Å²) < 4.78 is 16.4. The average molecular weight is 490 g/mol. The van der Waals surface area contributed by atoms with Crippen molar-refractivity contribution in [1.82, 2.24) is 30.0 Å². The van der Waals surface area contributed by atoms with E-state index in [1.807, 2.05) is 0 Å². The first-order valence-corrected chi connectivity index (χ1v) is 10.1. The molecule has 3 aromatic rings. The number of hydrogen-bond acceptors (Lipinski definition) is 6. The molecule has 31 heavy (non-hydrogen) atoms. The zero-order valence-electron chi connectivity index (χ0n) is 17.3. The molecule has 2 aromatic heterocycles. The lowest BCUT2D eigenvalue weighted by Crippen LogP contribution is -2.29. The Balaban J connectivity index is 1.88. The minimum Gasteiger partial charge on any atom is -0.364 e. The Morgan fingerprint density at radius 2 is 1.94 bits per heavy atom. The fraction of sp³-hybridized carbons (Fsp3) is 0.300. The summed E-state index contributed by atoms with van der Waals surface area (Å²) in [7, 11) is 0. The average Bonchev–Trinajstić information content (AvgIpc) is 3.08. The molecule has 0 saturated heterocycles. The van der Waals surface area contributed by atoms with Crippen LogP contribution in [0.15, 0.2) is 35.1 Å². The summed E-state index contributed by atoms with van der Waals surface area (Å²) in [6.45, 7) is 6.29. The van der Waals surface area contributed by atoms with Gasteiger partial charge in [-0.3, -0.25) is 9.59 Å². The molecule has 0 spiro atoms. The predicted octanol–water partition coefficient (Wildman–Crippen LogP) is 2.92. The number of aryl methyl sites for hydroxylation is 1. The maximum Gasteiger partial charge on any atom is 0.268 e. The third-order valence-corrected chi connectivity index (χ3v) is 4.88. The lowest BCUT2D eigenvalue weighted by Gasteiger charge is -2.18. The molecule has 3 N–H and O–H groups in total. The first kappa shape index (κ1) is 22.5. The van der Waals surface area contributed by atoms with Gasteiger partial charge in [-0.25, -0.2) is 19.3 Å². The van der Waals surface area contributed by atoms with Crippen LogP contribution in [0.2, 0.25) is 0 Å². The Bertz CT molecular complexity index is 1140. The summed E-state index contributed by atoms with van der Waals surface area (Å²) >= 11 is 3.33. The topological polar surface area (TPSA) is 129 Å². The second-order valence-electron chi connectivity index (χ2n) is 7.45. The van der Waals surface area contributed by atoms with Gasteiger partial charge in [0.2, 0.25) is 0 Å². The van der Waals surface area contributed by atoms with Crippen LogP contribution in [0.3, 0.4) is 0 Å². The quantitative estimate of drug-likeness (QED) is 0.547. The first-order valence-electron chi connectivity index (χ1n) is 9.32. The molecular formula is C20H21BrFN7O2. The summed E-state index contributed by atoms with van der Waals surface area (Å²) in [5.74, 6) is 0.0839. The largest absolute Gasteiger partial charge is 0.364 e. The van der Waals surface area contributed by atoms with E-state index in [2.05, 4.69) is 41.3 Å². The zero-order chi connectivity index (χ0) is 22.9. The van der Waals surface area contributed by atoms with Crippen molar-refractivity contribution in [1.29, 1.82) is 0 Å². The number of nitrogens with two attached hydrogens (primary N) is 1. The van der Waals surface area contributed by atoms with E-state index in [1.54, 1.807) is 26.0 Å². The highest BCUT2D eigenvalue weighted by atomic mass is 79.9. The number of rotatable bonds is 6. The monoisotopic (exact) mass is 489 g/mol. The van der Waals surface area contributed by atoms with Gasteiger partial charge in [0.1, 0.15) is 17.2 Å². The number of primary amides is 1. The van der Waals surface area contributed by atoms with Crippen LogP contribution in [0, 0.1) is 6.92 Å². The van der Waals surface area contributed by atoms with Crippen molar-refractivity contribution in [3.8, 4) is 5.82 Å². The highest BCUT2D eigenvalue weighted by molar-refractivity contribution is 9.10. The van der Waals surface area contributed by atoms with Gasteiger partial charge in [0.05, 0.1) is 18.4 Å². The number of amides is 2. The van der Waals surface area contributed by atoms with Crippen molar-refractivity contribution in [2.75, 3.05) is 0 Å². The second-order valence-corrected chi connectivity index (χ2v) is 8.36. The van der Waals surface area contributed by atoms with Crippen LogP contribution < -0.4 is 11.1 Å². The molecule has 1 aromatic carbocycles. The Hall–Kier alpha value is -3.21. The molecule has 2 heterocycles. The lowest BCUT2D eigenvalue weighted by atomic mass is 9.98. The molecule has 0 unspecified atom stereocenters. The molecule has 11 heteroatoms. The molecule has 0 radical (unpaired) electrons. The van der Waals surface area contributed by atoms with Gasteiger partial charge in [-0.05, 0) is 51.5 Å². The number of halogens is 2. The van der Waals surface area contributed by atoms with Gasteiger partial charge >= 0.3 is 0 Å². The summed E-state index contributed by atoms with van der Waals surface area (Å²) in [6, 6.07) is 4.19. The molecule has 1 atom stereocenters. The molecule has 0 bridgehead atoms. The molecule has 0 fully saturated rings. The molecule has 0 saturated carbocycles. The Morgan fingerprint density at radius 1 is 1.23 bits per heavy atom. The van der Waals surface area contributed by atoms with Gasteiger partial charge < -0.3 is 11.1 Å². The normalized spacial score (nSPS) is 12.5.